The predicted molar refractivity (Wildman–Crippen MR) is 128 cm³/mol. The lowest BCUT2D eigenvalue weighted by Gasteiger charge is -2.18. The molecule has 2 aromatic rings. The van der Waals surface area contributed by atoms with Crippen molar-refractivity contribution in [3.8, 4) is 5.75 Å². The van der Waals surface area contributed by atoms with Gasteiger partial charge in [0, 0.05) is 18.9 Å². The zero-order valence-electron chi connectivity index (χ0n) is 16.6. The molecule has 0 spiro atoms. The molecule has 0 unspecified atom stereocenters. The van der Waals surface area contributed by atoms with Crippen molar-refractivity contribution in [1.29, 1.82) is 0 Å². The van der Waals surface area contributed by atoms with Crippen LogP contribution in [-0.4, -0.2) is 46.4 Å². The topological polar surface area (TPSA) is 48.6 Å². The van der Waals surface area contributed by atoms with Crippen LogP contribution in [0.15, 0.2) is 47.6 Å². The monoisotopic (exact) mass is 451 g/mol. The maximum atomic E-state index is 12.8. The minimum Gasteiger partial charge on any atom is -0.494 e. The quantitative estimate of drug-likeness (QED) is 0.332. The number of carbonyl (C=O) groups is 1. The van der Waals surface area contributed by atoms with Crippen molar-refractivity contribution in [2.75, 3.05) is 31.1 Å². The molecule has 8 heteroatoms. The number of amides is 1. The molecule has 5 nitrogen and oxygen atoms in total. The van der Waals surface area contributed by atoms with Gasteiger partial charge in [0.2, 0.25) is 0 Å². The van der Waals surface area contributed by atoms with Gasteiger partial charge in [-0.3, -0.25) is 9.69 Å². The number of aromatic nitrogens is 1. The highest BCUT2D eigenvalue weighted by molar-refractivity contribution is 8.27. The first-order valence-electron chi connectivity index (χ1n) is 9.48. The molecule has 1 fully saturated rings. The largest absolute Gasteiger partial charge is 0.494 e. The number of rotatable bonds is 9. The van der Waals surface area contributed by atoms with Crippen LogP contribution in [0.1, 0.15) is 25.8 Å². The molecule has 1 aromatic carbocycles. The van der Waals surface area contributed by atoms with E-state index in [0.29, 0.717) is 15.8 Å². The van der Waals surface area contributed by atoms with E-state index in [9.17, 15) is 4.79 Å². The highest BCUT2D eigenvalue weighted by Gasteiger charge is 2.33. The number of anilines is 1. The SMILES string of the molecule is CCN(CC)CCCOc1ccc(N2C(=O)C(=Cc3cc[nH]c3)SC2=S)cc1.Cl. The van der Waals surface area contributed by atoms with Gasteiger partial charge in [-0.15, -0.1) is 12.4 Å². The molecule has 0 aliphatic carbocycles. The number of hydrogen-bond acceptors (Lipinski definition) is 5. The fourth-order valence-electron chi connectivity index (χ4n) is 2.98. The maximum absolute atomic E-state index is 12.8. The van der Waals surface area contributed by atoms with E-state index in [0.717, 1.165) is 43.1 Å². The van der Waals surface area contributed by atoms with Crippen molar-refractivity contribution < 1.29 is 9.53 Å². The Labute approximate surface area is 187 Å². The van der Waals surface area contributed by atoms with E-state index >= 15 is 0 Å². The van der Waals surface area contributed by atoms with Gasteiger partial charge in [-0.05, 0) is 61.5 Å². The second-order valence-corrected chi connectivity index (χ2v) is 8.06. The molecular weight excluding hydrogens is 426 g/mol. The molecule has 1 saturated heterocycles. The van der Waals surface area contributed by atoms with Crippen LogP contribution in [0.2, 0.25) is 0 Å². The summed E-state index contributed by atoms with van der Waals surface area (Å²) in [6.45, 7) is 8.18. The number of nitrogens with zero attached hydrogens (tertiary/aromatic N) is 2. The molecule has 1 amide bonds. The predicted octanol–water partition coefficient (Wildman–Crippen LogP) is 4.95. The van der Waals surface area contributed by atoms with Crippen molar-refractivity contribution in [3.05, 3.63) is 53.2 Å². The summed E-state index contributed by atoms with van der Waals surface area (Å²) in [6.07, 6.45) is 6.51. The summed E-state index contributed by atoms with van der Waals surface area (Å²) in [5.41, 5.74) is 1.71. The smallest absolute Gasteiger partial charge is 0.270 e. The Morgan fingerprint density at radius 2 is 1.93 bits per heavy atom. The molecule has 2 heterocycles. The highest BCUT2D eigenvalue weighted by Crippen LogP contribution is 2.36. The van der Waals surface area contributed by atoms with E-state index in [1.54, 1.807) is 4.90 Å². The number of carbonyl (C=O) groups excluding carboxylic acids is 1. The van der Waals surface area contributed by atoms with Gasteiger partial charge >= 0.3 is 0 Å². The summed E-state index contributed by atoms with van der Waals surface area (Å²) in [5.74, 6) is 0.709. The number of ether oxygens (including phenoxy) is 1. The molecule has 0 radical (unpaired) electrons. The molecule has 1 aromatic heterocycles. The fraction of sp³-hybridized carbons (Fsp3) is 0.333. The minimum atomic E-state index is -0.0934. The van der Waals surface area contributed by atoms with Crippen LogP contribution in [0.3, 0.4) is 0 Å². The van der Waals surface area contributed by atoms with Crippen LogP contribution < -0.4 is 9.64 Å². The Hall–Kier alpha value is -1.80. The standard InChI is InChI=1S/C21H25N3O2S2.ClH/c1-3-23(4-2)12-5-13-26-18-8-6-17(7-9-18)24-20(25)19(28-21(24)27)14-16-10-11-22-15-16;/h6-11,14-15,22H,3-5,12-13H2,1-2H3;1H. The van der Waals surface area contributed by atoms with Gasteiger partial charge < -0.3 is 14.6 Å². The maximum Gasteiger partial charge on any atom is 0.270 e. The lowest BCUT2D eigenvalue weighted by atomic mass is 10.2. The van der Waals surface area contributed by atoms with Crippen LogP contribution in [0.5, 0.6) is 5.75 Å². The first-order valence-corrected chi connectivity index (χ1v) is 10.7. The van der Waals surface area contributed by atoms with E-state index in [4.69, 9.17) is 17.0 Å². The van der Waals surface area contributed by atoms with Gasteiger partial charge in [-0.25, -0.2) is 0 Å². The van der Waals surface area contributed by atoms with E-state index in [-0.39, 0.29) is 18.3 Å². The number of aromatic amines is 1. The Balaban J connectivity index is 0.00000300. The van der Waals surface area contributed by atoms with Gasteiger partial charge in [0.05, 0.1) is 17.2 Å². The Bertz CT molecular complexity index is 834. The Morgan fingerprint density at radius 1 is 1.21 bits per heavy atom. The van der Waals surface area contributed by atoms with Crippen LogP contribution in [0.25, 0.3) is 6.08 Å². The molecule has 1 N–H and O–H groups in total. The van der Waals surface area contributed by atoms with E-state index in [1.165, 1.54) is 11.8 Å². The number of nitrogens with one attached hydrogen (secondary N) is 1. The zero-order chi connectivity index (χ0) is 19.9. The first-order chi connectivity index (χ1) is 13.6. The van der Waals surface area contributed by atoms with Gasteiger partial charge in [0.15, 0.2) is 4.32 Å². The molecule has 156 valence electrons. The van der Waals surface area contributed by atoms with Gasteiger partial charge in [-0.2, -0.15) is 0 Å². The van der Waals surface area contributed by atoms with E-state index in [2.05, 4.69) is 23.7 Å². The summed E-state index contributed by atoms with van der Waals surface area (Å²) >= 11 is 6.74. The highest BCUT2D eigenvalue weighted by atomic mass is 35.5. The summed E-state index contributed by atoms with van der Waals surface area (Å²) in [6, 6.07) is 9.45. The lowest BCUT2D eigenvalue weighted by Crippen LogP contribution is -2.27. The third-order valence-corrected chi connectivity index (χ3v) is 5.89. The van der Waals surface area contributed by atoms with E-state index < -0.39 is 0 Å². The molecule has 1 aliphatic rings. The Kier molecular flexibility index (Phi) is 9.23. The van der Waals surface area contributed by atoms with Crippen molar-refractivity contribution in [1.82, 2.24) is 9.88 Å². The molecular formula is C21H26ClN3O2S2. The summed E-state index contributed by atoms with van der Waals surface area (Å²) < 4.78 is 6.37. The Morgan fingerprint density at radius 3 is 2.55 bits per heavy atom. The van der Waals surface area contributed by atoms with Gasteiger partial charge in [-0.1, -0.05) is 37.8 Å². The minimum absolute atomic E-state index is 0. The summed E-state index contributed by atoms with van der Waals surface area (Å²) in [7, 11) is 0. The zero-order valence-corrected chi connectivity index (χ0v) is 19.0. The van der Waals surface area contributed by atoms with Crippen LogP contribution in [-0.2, 0) is 4.79 Å². The normalized spacial score (nSPS) is 15.3. The number of thiocarbonyl (C=S) groups is 1. The summed E-state index contributed by atoms with van der Waals surface area (Å²) in [4.78, 5) is 20.3. The van der Waals surface area contributed by atoms with Crippen molar-refractivity contribution in [3.63, 3.8) is 0 Å². The fourth-order valence-corrected chi connectivity index (χ4v) is 4.28. The second-order valence-electron chi connectivity index (χ2n) is 6.38. The molecule has 0 saturated carbocycles. The molecule has 3 rings (SSSR count). The number of hydrogen-bond donors (Lipinski definition) is 1. The second kappa shape index (κ2) is 11.4. The summed E-state index contributed by atoms with van der Waals surface area (Å²) in [5, 5.41) is 0. The van der Waals surface area contributed by atoms with Crippen molar-refractivity contribution in [2.24, 2.45) is 0 Å². The lowest BCUT2D eigenvalue weighted by molar-refractivity contribution is -0.113. The average molecular weight is 452 g/mol. The molecule has 0 atom stereocenters. The van der Waals surface area contributed by atoms with Gasteiger partial charge in [0.25, 0.3) is 5.91 Å². The third-order valence-electron chi connectivity index (χ3n) is 4.59. The number of H-pyrrole nitrogens is 1. The van der Waals surface area contributed by atoms with Crippen LogP contribution in [0.4, 0.5) is 5.69 Å². The van der Waals surface area contributed by atoms with Crippen molar-refractivity contribution in [2.45, 2.75) is 20.3 Å². The number of thioether (sulfide) groups is 1. The van der Waals surface area contributed by atoms with E-state index in [1.807, 2.05) is 48.8 Å². The molecule has 29 heavy (non-hydrogen) atoms. The molecule has 0 bridgehead atoms. The first kappa shape index (κ1) is 23.5. The molecule has 1 aliphatic heterocycles. The van der Waals surface area contributed by atoms with Crippen LogP contribution in [0, 0.1) is 0 Å². The van der Waals surface area contributed by atoms with Gasteiger partial charge in [0.1, 0.15) is 5.75 Å². The number of benzene rings is 1. The average Bonchev–Trinajstić information content (AvgIpc) is 3.31. The van der Waals surface area contributed by atoms with Crippen LogP contribution >= 0.6 is 36.4 Å². The third kappa shape index (κ3) is 6.09. The van der Waals surface area contributed by atoms with Crippen molar-refractivity contribution >= 4 is 58.4 Å². The number of halogens is 1.